The fraction of sp³-hybridized carbons (Fsp3) is 0.364. The first-order valence-electron chi connectivity index (χ1n) is 9.89. The molecule has 1 fully saturated rings. The first-order valence-corrected chi connectivity index (χ1v) is 9.89. The van der Waals surface area contributed by atoms with E-state index in [9.17, 15) is 9.59 Å². The SMILES string of the molecule is O=C(c1ccoc1)N1CCCC(C(=O)N2CCc3[nH]c4ccccc4c3C2)C1. The lowest BCUT2D eigenvalue weighted by atomic mass is 9.94. The summed E-state index contributed by atoms with van der Waals surface area (Å²) >= 11 is 0. The Bertz CT molecular complexity index is 1020. The van der Waals surface area contributed by atoms with Gasteiger partial charge in [-0.1, -0.05) is 18.2 Å². The number of amides is 2. The van der Waals surface area contributed by atoms with Gasteiger partial charge in [-0.15, -0.1) is 0 Å². The Morgan fingerprint density at radius 1 is 1.11 bits per heavy atom. The van der Waals surface area contributed by atoms with Crippen molar-refractivity contribution in [2.24, 2.45) is 5.92 Å². The maximum Gasteiger partial charge on any atom is 0.257 e. The van der Waals surface area contributed by atoms with Crippen molar-refractivity contribution in [1.29, 1.82) is 0 Å². The molecule has 1 N–H and O–H groups in total. The predicted octanol–water partition coefficient (Wildman–Crippen LogP) is 3.20. The molecular formula is C22H23N3O3. The highest BCUT2D eigenvalue weighted by atomic mass is 16.3. The molecule has 1 saturated heterocycles. The van der Waals surface area contributed by atoms with Gasteiger partial charge >= 0.3 is 0 Å². The van der Waals surface area contributed by atoms with E-state index in [4.69, 9.17) is 4.42 Å². The minimum absolute atomic E-state index is 0.0520. The third-order valence-corrected chi connectivity index (χ3v) is 6.02. The van der Waals surface area contributed by atoms with Gasteiger partial charge in [-0.25, -0.2) is 0 Å². The van der Waals surface area contributed by atoms with Gasteiger partial charge in [0.2, 0.25) is 5.91 Å². The minimum Gasteiger partial charge on any atom is -0.472 e. The van der Waals surface area contributed by atoms with Crippen LogP contribution in [0.5, 0.6) is 0 Å². The monoisotopic (exact) mass is 377 g/mol. The molecule has 0 bridgehead atoms. The molecule has 0 radical (unpaired) electrons. The lowest BCUT2D eigenvalue weighted by molar-refractivity contribution is -0.137. The molecule has 2 aliphatic rings. The number of nitrogens with zero attached hydrogens (tertiary/aromatic N) is 2. The van der Waals surface area contributed by atoms with Crippen LogP contribution in [0.1, 0.15) is 34.5 Å². The van der Waals surface area contributed by atoms with E-state index >= 15 is 0 Å². The summed E-state index contributed by atoms with van der Waals surface area (Å²) in [5.41, 5.74) is 4.16. The normalized spacial score (nSPS) is 19.6. The lowest BCUT2D eigenvalue weighted by Crippen LogP contribution is -2.47. The number of furan rings is 1. The largest absolute Gasteiger partial charge is 0.472 e. The number of H-pyrrole nitrogens is 1. The van der Waals surface area contributed by atoms with Crippen molar-refractivity contribution in [3.05, 3.63) is 59.7 Å². The van der Waals surface area contributed by atoms with Crippen LogP contribution in [-0.4, -0.2) is 46.2 Å². The fourth-order valence-electron chi connectivity index (χ4n) is 4.54. The van der Waals surface area contributed by atoms with E-state index in [0.717, 1.165) is 31.3 Å². The third kappa shape index (κ3) is 2.89. The second kappa shape index (κ2) is 6.86. The van der Waals surface area contributed by atoms with E-state index in [2.05, 4.69) is 17.1 Å². The molecule has 2 aliphatic heterocycles. The Balaban J connectivity index is 1.32. The van der Waals surface area contributed by atoms with Gasteiger partial charge < -0.3 is 19.2 Å². The number of likely N-dealkylation sites (tertiary alicyclic amines) is 1. The van der Waals surface area contributed by atoms with Gasteiger partial charge in [-0.05, 0) is 25.0 Å². The number of hydrogen-bond acceptors (Lipinski definition) is 3. The first kappa shape index (κ1) is 17.1. The topological polar surface area (TPSA) is 69.6 Å². The number of carbonyl (C=O) groups is 2. The Morgan fingerprint density at radius 2 is 2.00 bits per heavy atom. The number of rotatable bonds is 2. The second-order valence-electron chi connectivity index (χ2n) is 7.74. The molecule has 5 rings (SSSR count). The van der Waals surface area contributed by atoms with Crippen molar-refractivity contribution < 1.29 is 14.0 Å². The van der Waals surface area contributed by atoms with Gasteiger partial charge in [0, 0.05) is 54.8 Å². The zero-order chi connectivity index (χ0) is 19.1. The number of aromatic nitrogens is 1. The Labute approximate surface area is 163 Å². The van der Waals surface area contributed by atoms with Crippen LogP contribution < -0.4 is 0 Å². The maximum atomic E-state index is 13.2. The summed E-state index contributed by atoms with van der Waals surface area (Å²) in [5, 5.41) is 1.20. The van der Waals surface area contributed by atoms with Crippen molar-refractivity contribution in [2.45, 2.75) is 25.8 Å². The summed E-state index contributed by atoms with van der Waals surface area (Å²) in [6.07, 6.45) is 5.51. The number of piperidine rings is 1. The molecule has 6 heteroatoms. The number of para-hydroxylation sites is 1. The quantitative estimate of drug-likeness (QED) is 0.746. The minimum atomic E-state index is -0.128. The number of fused-ring (bicyclic) bond motifs is 3. The van der Waals surface area contributed by atoms with E-state index < -0.39 is 0 Å². The number of nitrogens with one attached hydrogen (secondary N) is 1. The summed E-state index contributed by atoms with van der Waals surface area (Å²) in [7, 11) is 0. The van der Waals surface area contributed by atoms with Crippen LogP contribution in [0, 0.1) is 5.92 Å². The molecule has 0 saturated carbocycles. The zero-order valence-corrected chi connectivity index (χ0v) is 15.7. The molecule has 2 aromatic heterocycles. The summed E-state index contributed by atoms with van der Waals surface area (Å²) in [5.74, 6) is -0.0132. The summed E-state index contributed by atoms with van der Waals surface area (Å²) < 4.78 is 5.03. The zero-order valence-electron chi connectivity index (χ0n) is 15.7. The van der Waals surface area contributed by atoms with Gasteiger partial charge in [0.15, 0.2) is 0 Å². The molecule has 0 spiro atoms. The fourth-order valence-corrected chi connectivity index (χ4v) is 4.54. The van der Waals surface area contributed by atoms with Gasteiger partial charge in [0.25, 0.3) is 5.91 Å². The molecule has 3 aromatic rings. The van der Waals surface area contributed by atoms with Crippen molar-refractivity contribution in [3.8, 4) is 0 Å². The van der Waals surface area contributed by atoms with E-state index in [1.807, 2.05) is 17.0 Å². The van der Waals surface area contributed by atoms with E-state index in [1.165, 1.54) is 29.2 Å². The molecule has 28 heavy (non-hydrogen) atoms. The molecule has 2 amide bonds. The Hall–Kier alpha value is -3.02. The van der Waals surface area contributed by atoms with Crippen molar-refractivity contribution in [1.82, 2.24) is 14.8 Å². The number of benzene rings is 1. The second-order valence-corrected chi connectivity index (χ2v) is 7.74. The molecule has 1 atom stereocenters. The Morgan fingerprint density at radius 3 is 2.86 bits per heavy atom. The van der Waals surface area contributed by atoms with Crippen LogP contribution in [0.4, 0.5) is 0 Å². The molecule has 144 valence electrons. The van der Waals surface area contributed by atoms with Crippen molar-refractivity contribution >= 4 is 22.7 Å². The smallest absolute Gasteiger partial charge is 0.257 e. The third-order valence-electron chi connectivity index (χ3n) is 6.02. The van der Waals surface area contributed by atoms with Crippen molar-refractivity contribution in [3.63, 3.8) is 0 Å². The van der Waals surface area contributed by atoms with Crippen LogP contribution >= 0.6 is 0 Å². The highest BCUT2D eigenvalue weighted by Gasteiger charge is 2.33. The highest BCUT2D eigenvalue weighted by molar-refractivity contribution is 5.94. The van der Waals surface area contributed by atoms with Crippen LogP contribution in [0.2, 0.25) is 0 Å². The molecule has 4 heterocycles. The van der Waals surface area contributed by atoms with Crippen molar-refractivity contribution in [2.75, 3.05) is 19.6 Å². The first-order chi connectivity index (χ1) is 13.7. The Kier molecular flexibility index (Phi) is 4.19. The lowest BCUT2D eigenvalue weighted by Gasteiger charge is -2.36. The van der Waals surface area contributed by atoms with Crippen LogP contribution in [-0.2, 0) is 17.8 Å². The molecule has 1 aromatic carbocycles. The van der Waals surface area contributed by atoms with Gasteiger partial charge in [0.05, 0.1) is 17.7 Å². The molecular weight excluding hydrogens is 354 g/mol. The summed E-state index contributed by atoms with van der Waals surface area (Å²) in [6.45, 7) is 2.55. The number of aromatic amines is 1. The summed E-state index contributed by atoms with van der Waals surface area (Å²) in [6, 6.07) is 9.94. The molecule has 0 aliphatic carbocycles. The predicted molar refractivity (Wildman–Crippen MR) is 105 cm³/mol. The maximum absolute atomic E-state index is 13.2. The van der Waals surface area contributed by atoms with Gasteiger partial charge in [-0.3, -0.25) is 9.59 Å². The van der Waals surface area contributed by atoms with Crippen LogP contribution in [0.15, 0.2) is 47.3 Å². The summed E-state index contributed by atoms with van der Waals surface area (Å²) in [4.78, 5) is 33.1. The number of hydrogen-bond donors (Lipinski definition) is 1. The van der Waals surface area contributed by atoms with E-state index in [-0.39, 0.29) is 17.7 Å². The number of carbonyl (C=O) groups excluding carboxylic acids is 2. The average Bonchev–Trinajstić information content (AvgIpc) is 3.40. The molecule has 1 unspecified atom stereocenters. The van der Waals surface area contributed by atoms with Gasteiger partial charge in [0.1, 0.15) is 6.26 Å². The highest BCUT2D eigenvalue weighted by Crippen LogP contribution is 2.29. The van der Waals surface area contributed by atoms with E-state index in [0.29, 0.717) is 25.2 Å². The van der Waals surface area contributed by atoms with E-state index in [1.54, 1.807) is 11.0 Å². The van der Waals surface area contributed by atoms with Gasteiger partial charge in [-0.2, -0.15) is 0 Å². The average molecular weight is 377 g/mol. The van der Waals surface area contributed by atoms with Crippen LogP contribution in [0.3, 0.4) is 0 Å². The molecule has 6 nitrogen and oxygen atoms in total. The van der Waals surface area contributed by atoms with Crippen LogP contribution in [0.25, 0.3) is 10.9 Å². The standard InChI is InChI=1S/C22H23N3O3/c26-21(15-4-3-9-24(12-15)22(27)16-8-11-28-14-16)25-10-7-20-18(13-25)17-5-1-2-6-19(17)23-20/h1-2,5-6,8,11,14-15,23H,3-4,7,9-10,12-13H2.